The minimum Gasteiger partial charge on any atom is -0.439 e. The molecule has 1 heterocycles. The van der Waals surface area contributed by atoms with Gasteiger partial charge in [-0.25, -0.2) is 18.1 Å². The molecule has 0 spiro atoms. The maximum absolute atomic E-state index is 12.6. The quantitative estimate of drug-likeness (QED) is 0.644. The summed E-state index contributed by atoms with van der Waals surface area (Å²) in [6.45, 7) is 3.35. The Bertz CT molecular complexity index is 1020. The van der Waals surface area contributed by atoms with E-state index in [-0.39, 0.29) is 34.5 Å². The Labute approximate surface area is 171 Å². The molecule has 1 aliphatic carbocycles. The normalized spacial score (nSPS) is 18.9. The van der Waals surface area contributed by atoms with Crippen LogP contribution in [0.15, 0.2) is 60.1 Å². The lowest BCUT2D eigenvalue weighted by molar-refractivity contribution is -0.137. The number of aromatic nitrogens is 1. The van der Waals surface area contributed by atoms with Crippen molar-refractivity contribution in [1.82, 2.24) is 15.0 Å². The van der Waals surface area contributed by atoms with Gasteiger partial charge in [-0.05, 0) is 49.2 Å². The van der Waals surface area contributed by atoms with Gasteiger partial charge >= 0.3 is 6.18 Å². The first-order chi connectivity index (χ1) is 14.1. The molecule has 160 valence electrons. The number of hydrogen-bond acceptors (Lipinski definition) is 5. The van der Waals surface area contributed by atoms with Crippen molar-refractivity contribution < 1.29 is 31.1 Å². The predicted molar refractivity (Wildman–Crippen MR) is 101 cm³/mol. The van der Waals surface area contributed by atoms with Crippen molar-refractivity contribution in [3.05, 3.63) is 60.8 Å². The van der Waals surface area contributed by atoms with E-state index in [0.717, 1.165) is 18.2 Å². The van der Waals surface area contributed by atoms with Gasteiger partial charge in [0, 0.05) is 24.3 Å². The Morgan fingerprint density at radius 3 is 2.33 bits per heavy atom. The van der Waals surface area contributed by atoms with Crippen LogP contribution in [-0.4, -0.2) is 31.4 Å². The standard InChI is InChI=1S/C19H18F3N3O4S/c1-2-17(26)24-13-9-14(10-13)25-30(27,28)16-6-4-15(5-7-16)29-18-8-3-12(11-23-18)19(20,21)22/h2-8,11,13-14,25H,1,9-10H2,(H,24,26). The van der Waals surface area contributed by atoms with Gasteiger partial charge in [-0.3, -0.25) is 4.79 Å². The van der Waals surface area contributed by atoms with Crippen LogP contribution in [0.5, 0.6) is 11.6 Å². The number of nitrogens with zero attached hydrogens (tertiary/aromatic N) is 1. The van der Waals surface area contributed by atoms with E-state index in [9.17, 15) is 26.4 Å². The van der Waals surface area contributed by atoms with Crippen LogP contribution >= 0.6 is 0 Å². The fraction of sp³-hybridized carbons (Fsp3) is 0.263. The minimum atomic E-state index is -4.49. The van der Waals surface area contributed by atoms with Crippen LogP contribution in [0.2, 0.25) is 0 Å². The number of amides is 1. The molecular formula is C19H18F3N3O4S. The molecule has 1 saturated carbocycles. The molecule has 7 nitrogen and oxygen atoms in total. The summed E-state index contributed by atoms with van der Waals surface area (Å²) in [5.41, 5.74) is -0.898. The number of rotatable bonds is 7. The van der Waals surface area contributed by atoms with Crippen molar-refractivity contribution in [1.29, 1.82) is 0 Å². The number of carbonyl (C=O) groups excluding carboxylic acids is 1. The maximum Gasteiger partial charge on any atom is 0.417 e. The average Bonchev–Trinajstić information content (AvgIpc) is 2.66. The van der Waals surface area contributed by atoms with E-state index in [1.165, 1.54) is 24.3 Å². The lowest BCUT2D eigenvalue weighted by Gasteiger charge is -2.35. The van der Waals surface area contributed by atoms with Crippen molar-refractivity contribution in [3.8, 4) is 11.6 Å². The van der Waals surface area contributed by atoms with Gasteiger partial charge in [0.25, 0.3) is 0 Å². The number of ether oxygens (including phenoxy) is 1. The molecule has 0 atom stereocenters. The highest BCUT2D eigenvalue weighted by Crippen LogP contribution is 2.30. The highest BCUT2D eigenvalue weighted by atomic mass is 32.2. The van der Waals surface area contributed by atoms with Gasteiger partial charge in [0.15, 0.2) is 0 Å². The maximum atomic E-state index is 12.6. The van der Waals surface area contributed by atoms with E-state index >= 15 is 0 Å². The summed E-state index contributed by atoms with van der Waals surface area (Å²) in [5.74, 6) is -0.143. The number of alkyl halides is 3. The molecule has 1 aliphatic rings. The summed E-state index contributed by atoms with van der Waals surface area (Å²) >= 11 is 0. The highest BCUT2D eigenvalue weighted by molar-refractivity contribution is 7.89. The molecule has 0 radical (unpaired) electrons. The fourth-order valence-electron chi connectivity index (χ4n) is 2.80. The molecule has 0 unspecified atom stereocenters. The second kappa shape index (κ2) is 8.44. The van der Waals surface area contributed by atoms with E-state index in [4.69, 9.17) is 4.74 Å². The van der Waals surface area contributed by atoms with Gasteiger partial charge in [0.1, 0.15) is 5.75 Å². The van der Waals surface area contributed by atoms with Crippen molar-refractivity contribution in [2.45, 2.75) is 36.0 Å². The highest BCUT2D eigenvalue weighted by Gasteiger charge is 2.33. The summed E-state index contributed by atoms with van der Waals surface area (Å²) < 4.78 is 70.4. The third kappa shape index (κ3) is 5.36. The molecule has 1 amide bonds. The molecule has 0 bridgehead atoms. The molecule has 2 N–H and O–H groups in total. The van der Waals surface area contributed by atoms with Crippen LogP contribution in [0, 0.1) is 0 Å². The minimum absolute atomic E-state index is 0.00815. The second-order valence-corrected chi connectivity index (χ2v) is 8.37. The SMILES string of the molecule is C=CC(=O)NC1CC(NS(=O)(=O)c2ccc(Oc3ccc(C(F)(F)F)cn3)cc2)C1. The summed E-state index contributed by atoms with van der Waals surface area (Å²) in [6, 6.07) is 6.91. The Morgan fingerprint density at radius 1 is 1.13 bits per heavy atom. The summed E-state index contributed by atoms with van der Waals surface area (Å²) in [5, 5.41) is 2.69. The zero-order valence-corrected chi connectivity index (χ0v) is 16.3. The first-order valence-corrected chi connectivity index (χ1v) is 10.3. The Kier molecular flexibility index (Phi) is 6.13. The van der Waals surface area contributed by atoms with E-state index in [2.05, 4.69) is 21.6 Å². The van der Waals surface area contributed by atoms with Gasteiger partial charge < -0.3 is 10.1 Å². The molecule has 11 heteroatoms. The van der Waals surface area contributed by atoms with Gasteiger partial charge in [0.05, 0.1) is 10.5 Å². The molecule has 0 saturated heterocycles. The van der Waals surface area contributed by atoms with Gasteiger partial charge in [-0.1, -0.05) is 6.58 Å². The molecule has 0 aliphatic heterocycles. The zero-order valence-electron chi connectivity index (χ0n) is 15.5. The largest absolute Gasteiger partial charge is 0.439 e. The topological polar surface area (TPSA) is 97.4 Å². The number of nitrogens with one attached hydrogen (secondary N) is 2. The number of pyridine rings is 1. The predicted octanol–water partition coefficient (Wildman–Crippen LogP) is 3.00. The summed E-state index contributed by atoms with van der Waals surface area (Å²) in [7, 11) is -3.77. The lowest BCUT2D eigenvalue weighted by Crippen LogP contribution is -2.53. The first kappa shape index (κ1) is 21.8. The van der Waals surface area contributed by atoms with E-state index < -0.39 is 21.8 Å². The van der Waals surface area contributed by atoms with Gasteiger partial charge in [-0.15, -0.1) is 0 Å². The van der Waals surface area contributed by atoms with E-state index in [1.807, 2.05) is 0 Å². The van der Waals surface area contributed by atoms with Crippen molar-refractivity contribution in [3.63, 3.8) is 0 Å². The Morgan fingerprint density at radius 2 is 1.80 bits per heavy atom. The molecule has 1 fully saturated rings. The first-order valence-electron chi connectivity index (χ1n) is 8.83. The third-order valence-corrected chi connectivity index (χ3v) is 5.95. The number of sulfonamides is 1. The summed E-state index contributed by atoms with van der Waals surface area (Å²) in [6.07, 6.45) is -1.74. The van der Waals surface area contributed by atoms with Crippen molar-refractivity contribution in [2.24, 2.45) is 0 Å². The van der Waals surface area contributed by atoms with Crippen LogP contribution < -0.4 is 14.8 Å². The molecule has 3 rings (SSSR count). The smallest absolute Gasteiger partial charge is 0.417 e. The van der Waals surface area contributed by atoms with E-state index in [1.54, 1.807) is 0 Å². The van der Waals surface area contributed by atoms with Crippen LogP contribution in [0.25, 0.3) is 0 Å². The van der Waals surface area contributed by atoms with Crippen molar-refractivity contribution in [2.75, 3.05) is 0 Å². The second-order valence-electron chi connectivity index (χ2n) is 6.66. The van der Waals surface area contributed by atoms with Crippen LogP contribution in [0.1, 0.15) is 18.4 Å². The molecule has 2 aromatic rings. The number of carbonyl (C=O) groups is 1. The van der Waals surface area contributed by atoms with Crippen LogP contribution in [0.4, 0.5) is 13.2 Å². The monoisotopic (exact) mass is 441 g/mol. The van der Waals surface area contributed by atoms with Gasteiger partial charge in [0.2, 0.25) is 21.8 Å². The van der Waals surface area contributed by atoms with Crippen LogP contribution in [0.3, 0.4) is 0 Å². The number of hydrogen-bond donors (Lipinski definition) is 2. The van der Waals surface area contributed by atoms with Crippen LogP contribution in [-0.2, 0) is 21.0 Å². The molecule has 1 aromatic carbocycles. The Balaban J connectivity index is 1.57. The van der Waals surface area contributed by atoms with Crippen molar-refractivity contribution >= 4 is 15.9 Å². The Hall–Kier alpha value is -2.92. The fourth-order valence-corrected chi connectivity index (χ4v) is 4.06. The average molecular weight is 441 g/mol. The zero-order chi connectivity index (χ0) is 21.9. The summed E-state index contributed by atoms with van der Waals surface area (Å²) in [4.78, 5) is 14.8. The molecule has 1 aromatic heterocycles. The number of halogens is 3. The van der Waals surface area contributed by atoms with Gasteiger partial charge in [-0.2, -0.15) is 13.2 Å². The number of benzene rings is 1. The third-order valence-electron chi connectivity index (χ3n) is 4.41. The molecule has 30 heavy (non-hydrogen) atoms. The lowest BCUT2D eigenvalue weighted by atomic mass is 9.87. The molecular weight excluding hydrogens is 423 g/mol. The van der Waals surface area contributed by atoms with E-state index in [0.29, 0.717) is 19.0 Å².